The molecule has 2 aliphatic rings. The van der Waals surface area contributed by atoms with Crippen LogP contribution in [-0.2, 0) is 16.6 Å². The van der Waals surface area contributed by atoms with Gasteiger partial charge >= 0.3 is 12.0 Å². The van der Waals surface area contributed by atoms with Crippen molar-refractivity contribution in [1.82, 2.24) is 25.0 Å². The summed E-state index contributed by atoms with van der Waals surface area (Å²) in [5.74, 6) is 0.117. The first-order valence-corrected chi connectivity index (χ1v) is 12.2. The number of ether oxygens (including phenoxy) is 1. The number of hydrogen-bond acceptors (Lipinski definition) is 6. The summed E-state index contributed by atoms with van der Waals surface area (Å²) in [6, 6.07) is 14.6. The van der Waals surface area contributed by atoms with E-state index in [1.54, 1.807) is 17.0 Å². The number of carbonyl (C=O) groups is 2. The van der Waals surface area contributed by atoms with E-state index >= 15 is 0 Å². The predicted molar refractivity (Wildman–Crippen MR) is 129 cm³/mol. The van der Waals surface area contributed by atoms with Gasteiger partial charge in [-0.05, 0) is 42.7 Å². The Morgan fingerprint density at radius 2 is 1.86 bits per heavy atom. The maximum absolute atomic E-state index is 13.3. The number of amides is 2. The molecule has 10 heteroatoms. The molecule has 2 heterocycles. The van der Waals surface area contributed by atoms with Gasteiger partial charge in [0, 0.05) is 30.1 Å². The van der Waals surface area contributed by atoms with E-state index in [0.29, 0.717) is 28.0 Å². The first kappa shape index (κ1) is 23.1. The van der Waals surface area contributed by atoms with Gasteiger partial charge in [0.25, 0.3) is 0 Å². The summed E-state index contributed by atoms with van der Waals surface area (Å²) in [4.78, 5) is 27.9. The maximum Gasteiger partial charge on any atom is 0.338 e. The number of methoxy groups -OCH3 is 1. The molecule has 0 radical (unpaired) electrons. The second-order valence-electron chi connectivity index (χ2n) is 8.41. The number of carbonyl (C=O) groups excluding carboxylic acids is 2. The van der Waals surface area contributed by atoms with E-state index in [1.165, 1.54) is 31.0 Å². The molecule has 1 N–H and O–H groups in total. The van der Waals surface area contributed by atoms with Crippen LogP contribution in [-0.4, -0.2) is 50.6 Å². The molecule has 0 bridgehead atoms. The summed E-state index contributed by atoms with van der Waals surface area (Å²) in [5, 5.41) is 12.2. The van der Waals surface area contributed by atoms with Gasteiger partial charge in [0.15, 0.2) is 11.0 Å². The van der Waals surface area contributed by atoms with Gasteiger partial charge in [-0.3, -0.25) is 4.90 Å². The van der Waals surface area contributed by atoms with Crippen LogP contribution in [0.2, 0.25) is 0 Å². The summed E-state index contributed by atoms with van der Waals surface area (Å²) in [6.45, 7) is 0. The molecule has 1 atom stereocenters. The van der Waals surface area contributed by atoms with Gasteiger partial charge in [-0.2, -0.15) is 0 Å². The Labute approximate surface area is 206 Å². The number of halogens is 1. The molecular formula is C25H24FN5O3S. The van der Waals surface area contributed by atoms with Gasteiger partial charge in [0.05, 0.1) is 18.7 Å². The average molecular weight is 494 g/mol. The lowest BCUT2D eigenvalue weighted by atomic mass is 9.95. The molecule has 0 spiro atoms. The van der Waals surface area contributed by atoms with Crippen LogP contribution in [0, 0.1) is 5.82 Å². The van der Waals surface area contributed by atoms with Gasteiger partial charge in [0.1, 0.15) is 5.82 Å². The SMILES string of the molecule is COC(=O)C1=C(CSc2nnc(-c3ccc(F)cc3)n2C)N(C2CC2)C(=O)NC1c1ccccc1. The van der Waals surface area contributed by atoms with Crippen LogP contribution >= 0.6 is 11.8 Å². The highest BCUT2D eigenvalue weighted by molar-refractivity contribution is 7.99. The molecule has 8 nitrogen and oxygen atoms in total. The zero-order chi connectivity index (χ0) is 24.5. The van der Waals surface area contributed by atoms with Crippen molar-refractivity contribution in [2.75, 3.05) is 12.9 Å². The minimum atomic E-state index is -0.615. The van der Waals surface area contributed by atoms with Crippen molar-refractivity contribution in [3.8, 4) is 11.4 Å². The lowest BCUT2D eigenvalue weighted by Gasteiger charge is -2.36. The van der Waals surface area contributed by atoms with Crippen LogP contribution in [0.4, 0.5) is 9.18 Å². The minimum Gasteiger partial charge on any atom is -0.466 e. The smallest absolute Gasteiger partial charge is 0.338 e. The zero-order valence-corrected chi connectivity index (χ0v) is 20.1. The van der Waals surface area contributed by atoms with Crippen molar-refractivity contribution < 1.29 is 18.7 Å². The standard InChI is InChI=1S/C25H24FN5O3S/c1-30-22(16-8-10-17(26)11-9-16)28-29-25(30)35-14-19-20(23(32)34-2)21(15-6-4-3-5-7-15)27-24(33)31(19)18-12-13-18/h3-11,18,21H,12-14H2,1-2H3,(H,27,33). The largest absolute Gasteiger partial charge is 0.466 e. The van der Waals surface area contributed by atoms with E-state index in [2.05, 4.69) is 15.5 Å². The predicted octanol–water partition coefficient (Wildman–Crippen LogP) is 4.07. The van der Waals surface area contributed by atoms with E-state index in [1.807, 2.05) is 41.9 Å². The molecule has 1 aliphatic heterocycles. The van der Waals surface area contributed by atoms with Crippen molar-refractivity contribution >= 4 is 23.8 Å². The summed E-state index contributed by atoms with van der Waals surface area (Å²) in [5.41, 5.74) is 2.58. The molecule has 1 aliphatic carbocycles. The average Bonchev–Trinajstić information content (AvgIpc) is 3.65. The molecule has 2 aromatic carbocycles. The second-order valence-corrected chi connectivity index (χ2v) is 9.35. The summed E-state index contributed by atoms with van der Waals surface area (Å²) >= 11 is 1.38. The number of nitrogens with one attached hydrogen (secondary N) is 1. The molecule has 5 rings (SSSR count). The van der Waals surface area contributed by atoms with E-state index in [9.17, 15) is 14.0 Å². The van der Waals surface area contributed by atoms with Crippen LogP contribution < -0.4 is 5.32 Å². The van der Waals surface area contributed by atoms with E-state index in [0.717, 1.165) is 24.0 Å². The minimum absolute atomic E-state index is 0.0521. The Morgan fingerprint density at radius 3 is 2.51 bits per heavy atom. The van der Waals surface area contributed by atoms with Crippen LogP contribution in [0.1, 0.15) is 24.4 Å². The molecule has 0 saturated heterocycles. The monoisotopic (exact) mass is 493 g/mol. The lowest BCUT2D eigenvalue weighted by molar-refractivity contribution is -0.136. The first-order chi connectivity index (χ1) is 17.0. The first-order valence-electron chi connectivity index (χ1n) is 11.2. The second kappa shape index (κ2) is 9.53. The Bertz CT molecular complexity index is 1290. The fourth-order valence-electron chi connectivity index (χ4n) is 4.22. The van der Waals surface area contributed by atoms with E-state index < -0.39 is 12.0 Å². The third-order valence-electron chi connectivity index (χ3n) is 6.10. The van der Waals surface area contributed by atoms with Crippen LogP contribution in [0.5, 0.6) is 0 Å². The number of thioether (sulfide) groups is 1. The quantitative estimate of drug-likeness (QED) is 0.394. The number of rotatable bonds is 7. The Balaban J connectivity index is 1.51. The highest BCUT2D eigenvalue weighted by atomic mass is 32.2. The number of aromatic nitrogens is 3. The normalized spacial score (nSPS) is 18.0. The highest BCUT2D eigenvalue weighted by Gasteiger charge is 2.44. The fraction of sp³-hybridized carbons (Fsp3) is 0.280. The highest BCUT2D eigenvalue weighted by Crippen LogP contribution is 2.40. The zero-order valence-electron chi connectivity index (χ0n) is 19.3. The number of nitrogens with zero attached hydrogens (tertiary/aromatic N) is 4. The third-order valence-corrected chi connectivity index (χ3v) is 7.13. The summed E-state index contributed by atoms with van der Waals surface area (Å²) < 4.78 is 20.3. The van der Waals surface area contributed by atoms with E-state index in [-0.39, 0.29) is 17.9 Å². The molecule has 2 amide bonds. The number of esters is 1. The van der Waals surface area contributed by atoms with Gasteiger partial charge < -0.3 is 14.6 Å². The van der Waals surface area contributed by atoms with Crippen molar-refractivity contribution in [3.63, 3.8) is 0 Å². The number of benzene rings is 2. The van der Waals surface area contributed by atoms with Gasteiger partial charge in [0.2, 0.25) is 0 Å². The van der Waals surface area contributed by atoms with Gasteiger partial charge in [-0.15, -0.1) is 10.2 Å². The van der Waals surface area contributed by atoms with Crippen LogP contribution in [0.15, 0.2) is 71.0 Å². The Hall–Kier alpha value is -3.66. The Morgan fingerprint density at radius 1 is 1.14 bits per heavy atom. The van der Waals surface area contributed by atoms with Crippen molar-refractivity contribution in [2.45, 2.75) is 30.1 Å². The molecule has 1 fully saturated rings. The molecule has 1 unspecified atom stereocenters. The topological polar surface area (TPSA) is 89.3 Å². The van der Waals surface area contributed by atoms with E-state index in [4.69, 9.17) is 4.74 Å². The lowest BCUT2D eigenvalue weighted by Crippen LogP contribution is -2.50. The van der Waals surface area contributed by atoms with Gasteiger partial charge in [-0.1, -0.05) is 42.1 Å². The van der Waals surface area contributed by atoms with Gasteiger partial charge in [-0.25, -0.2) is 14.0 Å². The van der Waals surface area contributed by atoms with Crippen molar-refractivity contribution in [2.24, 2.45) is 7.05 Å². The van der Waals surface area contributed by atoms with Crippen molar-refractivity contribution in [1.29, 1.82) is 0 Å². The Kier molecular flexibility index (Phi) is 6.29. The summed E-state index contributed by atoms with van der Waals surface area (Å²) in [7, 11) is 3.17. The van der Waals surface area contributed by atoms with Crippen molar-refractivity contribution in [3.05, 3.63) is 77.2 Å². The maximum atomic E-state index is 13.3. The molecular weight excluding hydrogens is 469 g/mol. The molecule has 1 aromatic heterocycles. The number of hydrogen-bond donors (Lipinski definition) is 1. The molecule has 1 saturated carbocycles. The number of urea groups is 1. The third kappa shape index (κ3) is 4.53. The van der Waals surface area contributed by atoms with Crippen LogP contribution in [0.25, 0.3) is 11.4 Å². The molecule has 35 heavy (non-hydrogen) atoms. The molecule has 3 aromatic rings. The van der Waals surface area contributed by atoms with Crippen LogP contribution in [0.3, 0.4) is 0 Å². The summed E-state index contributed by atoms with van der Waals surface area (Å²) in [6.07, 6.45) is 1.76. The molecule has 180 valence electrons. The fourth-order valence-corrected chi connectivity index (χ4v) is 5.15.